The molecule has 1 saturated heterocycles. The molecule has 0 unspecified atom stereocenters. The molecule has 0 radical (unpaired) electrons. The van der Waals surface area contributed by atoms with Gasteiger partial charge in [-0.05, 0) is 43.0 Å². The van der Waals surface area contributed by atoms with E-state index in [2.05, 4.69) is 10.3 Å². The Balaban J connectivity index is 1.46. The normalized spacial score (nSPS) is 14.7. The topological polar surface area (TPSA) is 106 Å². The van der Waals surface area contributed by atoms with Gasteiger partial charge in [-0.2, -0.15) is 0 Å². The lowest BCUT2D eigenvalue weighted by Gasteiger charge is -2.31. The molecule has 3 rings (SSSR count). The molecule has 1 fully saturated rings. The average molecular weight is 439 g/mol. The summed E-state index contributed by atoms with van der Waals surface area (Å²) in [5.74, 6) is -0.0317. The zero-order valence-electron chi connectivity index (χ0n) is 18.3. The van der Waals surface area contributed by atoms with Crippen LogP contribution in [0.4, 0.5) is 4.79 Å². The summed E-state index contributed by atoms with van der Waals surface area (Å²) in [4.78, 5) is 30.2. The number of carbonyl (C=O) groups is 2. The summed E-state index contributed by atoms with van der Waals surface area (Å²) in [5, 5.41) is 3.21. The maximum absolute atomic E-state index is 12.4. The van der Waals surface area contributed by atoms with Crippen LogP contribution in [0, 0.1) is 0 Å². The van der Waals surface area contributed by atoms with Crippen molar-refractivity contribution < 1.29 is 19.1 Å². The second kappa shape index (κ2) is 11.7. The average Bonchev–Trinajstić information content (AvgIpc) is 2.82. The predicted octanol–water partition coefficient (Wildman–Crippen LogP) is 3.07. The van der Waals surface area contributed by atoms with Gasteiger partial charge in [0.2, 0.25) is 0 Å². The highest BCUT2D eigenvalue weighted by Gasteiger charge is 2.23. The first-order chi connectivity index (χ1) is 15.5. The maximum Gasteiger partial charge on any atom is 0.409 e. The van der Waals surface area contributed by atoms with Gasteiger partial charge in [-0.25, -0.2) is 14.6 Å². The van der Waals surface area contributed by atoms with E-state index in [-0.39, 0.29) is 24.7 Å². The van der Waals surface area contributed by atoms with E-state index < -0.39 is 0 Å². The summed E-state index contributed by atoms with van der Waals surface area (Å²) in [6.45, 7) is 4.00. The van der Waals surface area contributed by atoms with Crippen LogP contribution in [0.25, 0.3) is 0 Å². The summed E-state index contributed by atoms with van der Waals surface area (Å²) in [6, 6.07) is 16.9. The molecule has 170 valence electrons. The number of piperidine rings is 1. The van der Waals surface area contributed by atoms with Gasteiger partial charge in [0.05, 0.1) is 18.7 Å². The van der Waals surface area contributed by atoms with Crippen LogP contribution in [-0.4, -0.2) is 48.7 Å². The number of nitrogens with two attached hydrogens (primary N) is 1. The highest BCUT2D eigenvalue weighted by atomic mass is 16.6. The first-order valence-corrected chi connectivity index (χ1v) is 10.8. The Bertz CT molecular complexity index is 925. The third-order valence-electron chi connectivity index (χ3n) is 5.18. The van der Waals surface area contributed by atoms with Gasteiger partial charge in [0, 0.05) is 19.1 Å². The fraction of sp³-hybridized carbons (Fsp3) is 0.375. The van der Waals surface area contributed by atoms with Crippen LogP contribution in [0.15, 0.2) is 59.6 Å². The minimum absolute atomic E-state index is 0.156. The number of rotatable bonds is 7. The Morgan fingerprint density at radius 3 is 2.50 bits per heavy atom. The van der Waals surface area contributed by atoms with Crippen molar-refractivity contribution in [3.8, 4) is 0 Å². The van der Waals surface area contributed by atoms with Crippen molar-refractivity contribution in [3.63, 3.8) is 0 Å². The number of hydrogen-bond acceptors (Lipinski definition) is 5. The molecule has 1 heterocycles. The molecule has 2 aromatic rings. The molecule has 8 heteroatoms. The molecule has 0 saturated carbocycles. The monoisotopic (exact) mass is 438 g/mol. The Labute approximate surface area is 188 Å². The molecule has 2 aromatic carbocycles. The Morgan fingerprint density at radius 2 is 1.78 bits per heavy atom. The fourth-order valence-corrected chi connectivity index (χ4v) is 3.46. The lowest BCUT2D eigenvalue weighted by molar-refractivity contribution is 0.0472. The number of guanidine groups is 1. The lowest BCUT2D eigenvalue weighted by Crippen LogP contribution is -2.48. The molecule has 3 N–H and O–H groups in total. The van der Waals surface area contributed by atoms with Gasteiger partial charge >= 0.3 is 12.1 Å². The molecule has 0 atom stereocenters. The molecule has 1 aliphatic rings. The smallest absolute Gasteiger partial charge is 0.409 e. The van der Waals surface area contributed by atoms with Crippen LogP contribution in [0.3, 0.4) is 0 Å². The molecule has 0 bridgehead atoms. The number of ether oxygens (including phenoxy) is 2. The third kappa shape index (κ3) is 7.01. The summed E-state index contributed by atoms with van der Waals surface area (Å²) in [7, 11) is 0. The Hall–Kier alpha value is -3.55. The standard InChI is InChI=1S/C24H30N4O4/c1-2-31-24(30)28-13-11-21(12-14-28)27-23(25)26-16-19-9-6-10-20(15-19)22(29)32-17-18-7-4-3-5-8-18/h3-10,15,21H,2,11-14,16-17H2,1H3,(H3,25,26,27). The zero-order chi connectivity index (χ0) is 22.8. The van der Waals surface area contributed by atoms with Crippen molar-refractivity contribution in [3.05, 3.63) is 71.3 Å². The van der Waals surface area contributed by atoms with Gasteiger partial charge in [0.15, 0.2) is 5.96 Å². The number of likely N-dealkylation sites (tertiary alicyclic amines) is 1. The van der Waals surface area contributed by atoms with Crippen LogP contribution in [0.1, 0.15) is 41.3 Å². The minimum atomic E-state index is -0.376. The van der Waals surface area contributed by atoms with Crippen molar-refractivity contribution in [1.82, 2.24) is 10.2 Å². The van der Waals surface area contributed by atoms with Crippen LogP contribution in [0.5, 0.6) is 0 Å². The number of aliphatic imine (C=N–C) groups is 1. The Kier molecular flexibility index (Phi) is 8.48. The largest absolute Gasteiger partial charge is 0.457 e. The number of benzene rings is 2. The molecule has 0 aliphatic carbocycles. The van der Waals surface area contributed by atoms with E-state index in [0.29, 0.717) is 37.8 Å². The van der Waals surface area contributed by atoms with E-state index in [1.165, 1.54) is 0 Å². The van der Waals surface area contributed by atoms with Crippen LogP contribution >= 0.6 is 0 Å². The van der Waals surface area contributed by atoms with E-state index in [9.17, 15) is 9.59 Å². The van der Waals surface area contributed by atoms with Crippen LogP contribution in [-0.2, 0) is 22.6 Å². The summed E-state index contributed by atoms with van der Waals surface area (Å²) in [5.41, 5.74) is 8.33. The molecule has 8 nitrogen and oxygen atoms in total. The first-order valence-electron chi connectivity index (χ1n) is 10.8. The third-order valence-corrected chi connectivity index (χ3v) is 5.18. The fourth-order valence-electron chi connectivity index (χ4n) is 3.46. The number of carbonyl (C=O) groups excluding carboxylic acids is 2. The van der Waals surface area contributed by atoms with Crippen LogP contribution in [0.2, 0.25) is 0 Å². The summed E-state index contributed by atoms with van der Waals surface area (Å²) < 4.78 is 10.4. The highest BCUT2D eigenvalue weighted by molar-refractivity contribution is 5.89. The zero-order valence-corrected chi connectivity index (χ0v) is 18.3. The van der Waals surface area contributed by atoms with Crippen molar-refractivity contribution in [2.45, 2.75) is 39.0 Å². The number of nitrogens with one attached hydrogen (secondary N) is 1. The number of amides is 1. The molecule has 1 amide bonds. The summed E-state index contributed by atoms with van der Waals surface area (Å²) >= 11 is 0. The molecular formula is C24H30N4O4. The van der Waals surface area contributed by atoms with Gasteiger partial charge in [0.1, 0.15) is 6.61 Å². The van der Waals surface area contributed by atoms with E-state index >= 15 is 0 Å². The van der Waals surface area contributed by atoms with Crippen LogP contribution < -0.4 is 11.1 Å². The quantitative estimate of drug-likeness (QED) is 0.391. The number of nitrogens with zero attached hydrogens (tertiary/aromatic N) is 2. The van der Waals surface area contributed by atoms with Gasteiger partial charge < -0.3 is 25.4 Å². The van der Waals surface area contributed by atoms with Gasteiger partial charge in [-0.1, -0.05) is 42.5 Å². The number of hydrogen-bond donors (Lipinski definition) is 2. The number of esters is 1. The Morgan fingerprint density at radius 1 is 1.06 bits per heavy atom. The second-order valence-corrected chi connectivity index (χ2v) is 7.57. The lowest BCUT2D eigenvalue weighted by atomic mass is 10.1. The second-order valence-electron chi connectivity index (χ2n) is 7.57. The van der Waals surface area contributed by atoms with E-state index in [4.69, 9.17) is 15.2 Å². The van der Waals surface area contributed by atoms with Gasteiger partial charge in [-0.15, -0.1) is 0 Å². The van der Waals surface area contributed by atoms with Gasteiger partial charge in [-0.3, -0.25) is 0 Å². The van der Waals surface area contributed by atoms with Crippen molar-refractivity contribution in [2.75, 3.05) is 19.7 Å². The predicted molar refractivity (Wildman–Crippen MR) is 122 cm³/mol. The molecular weight excluding hydrogens is 408 g/mol. The SMILES string of the molecule is CCOC(=O)N1CCC(NC(N)=NCc2cccc(C(=O)OCc3ccccc3)c2)CC1. The maximum atomic E-state index is 12.4. The van der Waals surface area contributed by atoms with Crippen molar-refractivity contribution >= 4 is 18.0 Å². The summed E-state index contributed by atoms with van der Waals surface area (Å²) in [6.07, 6.45) is 1.28. The molecule has 0 spiro atoms. The van der Waals surface area contributed by atoms with Crippen molar-refractivity contribution in [1.29, 1.82) is 0 Å². The van der Waals surface area contributed by atoms with E-state index in [1.807, 2.05) is 36.4 Å². The van der Waals surface area contributed by atoms with Crippen molar-refractivity contribution in [2.24, 2.45) is 10.7 Å². The molecule has 32 heavy (non-hydrogen) atoms. The molecule has 1 aliphatic heterocycles. The van der Waals surface area contributed by atoms with Gasteiger partial charge in [0.25, 0.3) is 0 Å². The molecule has 0 aromatic heterocycles. The minimum Gasteiger partial charge on any atom is -0.457 e. The van der Waals surface area contributed by atoms with E-state index in [0.717, 1.165) is 24.0 Å². The van der Waals surface area contributed by atoms with E-state index in [1.54, 1.807) is 30.0 Å². The first kappa shape index (κ1) is 23.1. The highest BCUT2D eigenvalue weighted by Crippen LogP contribution is 2.12.